The van der Waals surface area contributed by atoms with Crippen LogP contribution < -0.4 is 10.0 Å². The lowest BCUT2D eigenvalue weighted by Gasteiger charge is -2.13. The molecule has 0 bridgehead atoms. The Bertz CT molecular complexity index is 722. The van der Waals surface area contributed by atoms with Crippen LogP contribution in [0.2, 0.25) is 0 Å². The third-order valence-electron chi connectivity index (χ3n) is 3.12. The molecule has 21 heavy (non-hydrogen) atoms. The van der Waals surface area contributed by atoms with Crippen molar-refractivity contribution in [3.63, 3.8) is 0 Å². The van der Waals surface area contributed by atoms with Crippen molar-refractivity contribution in [1.29, 1.82) is 0 Å². The molecular formula is C15H19N3O2S. The second-order valence-electron chi connectivity index (χ2n) is 4.78. The molecule has 0 spiro atoms. The van der Waals surface area contributed by atoms with E-state index in [9.17, 15) is 8.42 Å². The molecule has 0 saturated carbocycles. The largest absolute Gasteiger partial charge is 0.370 e. The predicted octanol–water partition coefficient (Wildman–Crippen LogP) is 2.93. The Morgan fingerprint density at radius 1 is 1.14 bits per heavy atom. The molecule has 0 amide bonds. The molecule has 0 aliphatic carbocycles. The van der Waals surface area contributed by atoms with Crippen LogP contribution in [0.15, 0.2) is 41.4 Å². The molecule has 2 N–H and O–H groups in total. The Hall–Kier alpha value is -2.08. The van der Waals surface area contributed by atoms with Gasteiger partial charge in [-0.1, -0.05) is 18.2 Å². The first kappa shape index (κ1) is 15.3. The summed E-state index contributed by atoms with van der Waals surface area (Å²) < 4.78 is 27.6. The minimum absolute atomic E-state index is 0.191. The first-order valence-electron chi connectivity index (χ1n) is 6.73. The van der Waals surface area contributed by atoms with E-state index in [1.54, 1.807) is 0 Å². The van der Waals surface area contributed by atoms with E-state index in [0.29, 0.717) is 18.1 Å². The van der Waals surface area contributed by atoms with E-state index in [0.717, 1.165) is 11.1 Å². The number of anilines is 2. The molecule has 0 unspecified atom stereocenters. The van der Waals surface area contributed by atoms with Crippen LogP contribution in [0.4, 0.5) is 11.5 Å². The van der Waals surface area contributed by atoms with Crippen LogP contribution in [-0.4, -0.2) is 19.9 Å². The van der Waals surface area contributed by atoms with Crippen LogP contribution in [0.1, 0.15) is 18.1 Å². The fraction of sp³-hybridized carbons (Fsp3) is 0.267. The Labute approximate surface area is 125 Å². The molecule has 0 atom stereocenters. The van der Waals surface area contributed by atoms with E-state index in [-0.39, 0.29) is 4.90 Å². The highest BCUT2D eigenvalue weighted by molar-refractivity contribution is 7.92. The van der Waals surface area contributed by atoms with E-state index in [2.05, 4.69) is 15.0 Å². The molecule has 0 saturated heterocycles. The second kappa shape index (κ2) is 6.13. The van der Waals surface area contributed by atoms with E-state index in [4.69, 9.17) is 0 Å². The lowest BCUT2D eigenvalue weighted by molar-refractivity contribution is 0.601. The molecular weight excluding hydrogens is 286 g/mol. The maximum absolute atomic E-state index is 12.5. The lowest BCUT2D eigenvalue weighted by Crippen LogP contribution is -2.15. The number of nitrogens with one attached hydrogen (secondary N) is 2. The molecule has 1 aromatic carbocycles. The number of rotatable bonds is 5. The summed E-state index contributed by atoms with van der Waals surface area (Å²) in [6, 6.07) is 8.66. The van der Waals surface area contributed by atoms with Gasteiger partial charge in [-0.15, -0.1) is 0 Å². The van der Waals surface area contributed by atoms with Gasteiger partial charge in [0.1, 0.15) is 5.82 Å². The molecule has 0 fully saturated rings. The quantitative estimate of drug-likeness (QED) is 0.891. The van der Waals surface area contributed by atoms with Gasteiger partial charge in [0.15, 0.2) is 0 Å². The van der Waals surface area contributed by atoms with Crippen molar-refractivity contribution < 1.29 is 8.42 Å². The van der Waals surface area contributed by atoms with Gasteiger partial charge in [-0.05, 0) is 38.0 Å². The normalized spacial score (nSPS) is 11.2. The molecule has 6 heteroatoms. The topological polar surface area (TPSA) is 71.1 Å². The van der Waals surface area contributed by atoms with Crippen LogP contribution in [-0.2, 0) is 10.0 Å². The number of hydrogen-bond donors (Lipinski definition) is 2. The number of hydrogen-bond acceptors (Lipinski definition) is 4. The highest BCUT2D eigenvalue weighted by atomic mass is 32.2. The summed E-state index contributed by atoms with van der Waals surface area (Å²) in [6.45, 7) is 6.36. The van der Waals surface area contributed by atoms with Crippen molar-refractivity contribution in [3.05, 3.63) is 47.7 Å². The Morgan fingerprint density at radius 3 is 2.43 bits per heavy atom. The summed E-state index contributed by atoms with van der Waals surface area (Å²) in [6.07, 6.45) is 1.48. The monoisotopic (exact) mass is 305 g/mol. The van der Waals surface area contributed by atoms with Gasteiger partial charge in [-0.3, -0.25) is 4.72 Å². The number of nitrogens with zero attached hydrogens (tertiary/aromatic N) is 1. The zero-order valence-electron chi connectivity index (χ0n) is 12.3. The predicted molar refractivity (Wildman–Crippen MR) is 85.1 cm³/mol. The van der Waals surface area contributed by atoms with Gasteiger partial charge < -0.3 is 5.32 Å². The number of pyridine rings is 1. The van der Waals surface area contributed by atoms with Crippen molar-refractivity contribution in [1.82, 2.24) is 4.98 Å². The average molecular weight is 305 g/mol. The summed E-state index contributed by atoms with van der Waals surface area (Å²) in [7, 11) is -3.63. The molecule has 1 heterocycles. The number of aryl methyl sites for hydroxylation is 2. The zero-order chi connectivity index (χ0) is 15.5. The van der Waals surface area contributed by atoms with Crippen molar-refractivity contribution >= 4 is 21.5 Å². The smallest absolute Gasteiger partial charge is 0.262 e. The Balaban J connectivity index is 2.36. The van der Waals surface area contributed by atoms with Crippen LogP contribution in [0.25, 0.3) is 0 Å². The minimum Gasteiger partial charge on any atom is -0.370 e. The lowest BCUT2D eigenvalue weighted by atomic mass is 10.1. The number of sulfonamides is 1. The SMILES string of the molecule is CCNc1cc(S(=O)(=O)Nc2c(C)cccc2C)ccn1. The maximum Gasteiger partial charge on any atom is 0.262 e. The molecule has 1 aromatic heterocycles. The maximum atomic E-state index is 12.5. The van der Waals surface area contributed by atoms with Gasteiger partial charge in [0.25, 0.3) is 10.0 Å². The summed E-state index contributed by atoms with van der Waals surface area (Å²) in [4.78, 5) is 4.27. The van der Waals surface area contributed by atoms with Gasteiger partial charge in [0, 0.05) is 18.8 Å². The second-order valence-corrected chi connectivity index (χ2v) is 6.46. The van der Waals surface area contributed by atoms with Gasteiger partial charge in [-0.2, -0.15) is 0 Å². The fourth-order valence-corrected chi connectivity index (χ4v) is 3.24. The van der Waals surface area contributed by atoms with Crippen LogP contribution in [0, 0.1) is 13.8 Å². The molecule has 112 valence electrons. The minimum atomic E-state index is -3.63. The summed E-state index contributed by atoms with van der Waals surface area (Å²) >= 11 is 0. The van der Waals surface area contributed by atoms with E-state index < -0.39 is 10.0 Å². The summed E-state index contributed by atoms with van der Waals surface area (Å²) in [5.41, 5.74) is 2.40. The van der Waals surface area contributed by atoms with Crippen molar-refractivity contribution in [2.75, 3.05) is 16.6 Å². The highest BCUT2D eigenvalue weighted by Crippen LogP contribution is 2.23. The average Bonchev–Trinajstić information content (AvgIpc) is 2.44. The number of para-hydroxylation sites is 1. The third kappa shape index (κ3) is 3.52. The fourth-order valence-electron chi connectivity index (χ4n) is 2.02. The van der Waals surface area contributed by atoms with Crippen LogP contribution >= 0.6 is 0 Å². The number of benzene rings is 1. The molecule has 0 radical (unpaired) electrons. The molecule has 2 rings (SSSR count). The number of aromatic nitrogens is 1. The van der Waals surface area contributed by atoms with Crippen molar-refractivity contribution in [2.24, 2.45) is 0 Å². The first-order valence-corrected chi connectivity index (χ1v) is 8.21. The van der Waals surface area contributed by atoms with Gasteiger partial charge >= 0.3 is 0 Å². The zero-order valence-corrected chi connectivity index (χ0v) is 13.2. The van der Waals surface area contributed by atoms with Gasteiger partial charge in [0.2, 0.25) is 0 Å². The van der Waals surface area contributed by atoms with E-state index in [1.165, 1.54) is 18.3 Å². The molecule has 0 aliphatic rings. The van der Waals surface area contributed by atoms with Gasteiger partial charge in [0.05, 0.1) is 10.6 Å². The summed E-state index contributed by atoms with van der Waals surface area (Å²) in [5.74, 6) is 0.543. The van der Waals surface area contributed by atoms with Crippen LogP contribution in [0.3, 0.4) is 0 Å². The van der Waals surface area contributed by atoms with Crippen molar-refractivity contribution in [2.45, 2.75) is 25.7 Å². The molecule has 5 nitrogen and oxygen atoms in total. The van der Waals surface area contributed by atoms with E-state index in [1.807, 2.05) is 39.0 Å². The standard InChI is InChI=1S/C15H19N3O2S/c1-4-16-14-10-13(8-9-17-14)21(19,20)18-15-11(2)6-5-7-12(15)3/h5-10,18H,4H2,1-3H3,(H,16,17). The van der Waals surface area contributed by atoms with Gasteiger partial charge in [-0.25, -0.2) is 13.4 Å². The van der Waals surface area contributed by atoms with Crippen LogP contribution in [0.5, 0.6) is 0 Å². The summed E-state index contributed by atoms with van der Waals surface area (Å²) in [5, 5.41) is 3.00. The Kier molecular flexibility index (Phi) is 4.47. The van der Waals surface area contributed by atoms with E-state index >= 15 is 0 Å². The third-order valence-corrected chi connectivity index (χ3v) is 4.46. The Morgan fingerprint density at radius 2 is 1.81 bits per heavy atom. The first-order chi connectivity index (χ1) is 9.94. The highest BCUT2D eigenvalue weighted by Gasteiger charge is 2.17. The molecule has 2 aromatic rings. The molecule has 0 aliphatic heterocycles. The van der Waals surface area contributed by atoms with Crippen molar-refractivity contribution in [3.8, 4) is 0 Å².